The van der Waals surface area contributed by atoms with Crippen molar-refractivity contribution in [1.82, 2.24) is 4.90 Å². The van der Waals surface area contributed by atoms with Crippen molar-refractivity contribution in [3.05, 3.63) is 35.9 Å². The Morgan fingerprint density at radius 3 is 2.62 bits per heavy atom. The van der Waals surface area contributed by atoms with Gasteiger partial charge in [0, 0.05) is 18.9 Å². The van der Waals surface area contributed by atoms with Gasteiger partial charge in [-0.05, 0) is 18.4 Å². The molecule has 1 saturated heterocycles. The van der Waals surface area contributed by atoms with Gasteiger partial charge in [0.2, 0.25) is 5.91 Å². The summed E-state index contributed by atoms with van der Waals surface area (Å²) in [7, 11) is 0. The van der Waals surface area contributed by atoms with Crippen LogP contribution in [-0.2, 0) is 4.79 Å². The number of hydrogen-bond donors (Lipinski definition) is 0. The average Bonchev–Trinajstić information content (AvgIpc) is 2.93. The number of rotatable bonds is 7. The van der Waals surface area contributed by atoms with Gasteiger partial charge in [-0.2, -0.15) is 0 Å². The molecule has 0 unspecified atom stereocenters. The van der Waals surface area contributed by atoms with Crippen molar-refractivity contribution in [3.8, 4) is 12.3 Å². The van der Waals surface area contributed by atoms with Crippen molar-refractivity contribution in [2.24, 2.45) is 5.92 Å². The fraction of sp³-hybridized carbons (Fsp3) is 0.526. The molecule has 21 heavy (non-hydrogen) atoms. The van der Waals surface area contributed by atoms with Crippen LogP contribution in [0.25, 0.3) is 0 Å². The van der Waals surface area contributed by atoms with E-state index in [2.05, 4.69) is 25.0 Å². The van der Waals surface area contributed by atoms with Gasteiger partial charge in [-0.1, -0.05) is 56.5 Å². The van der Waals surface area contributed by atoms with Crippen molar-refractivity contribution in [1.29, 1.82) is 0 Å². The third-order valence-electron chi connectivity index (χ3n) is 4.30. The van der Waals surface area contributed by atoms with Crippen LogP contribution in [0.4, 0.5) is 0 Å². The van der Waals surface area contributed by atoms with Crippen LogP contribution in [0.2, 0.25) is 0 Å². The van der Waals surface area contributed by atoms with Crippen LogP contribution < -0.4 is 0 Å². The molecule has 2 heteroatoms. The maximum atomic E-state index is 12.2. The quantitative estimate of drug-likeness (QED) is 0.543. The molecule has 1 fully saturated rings. The van der Waals surface area contributed by atoms with Crippen LogP contribution in [0.3, 0.4) is 0 Å². The molecule has 0 aromatic heterocycles. The van der Waals surface area contributed by atoms with E-state index in [1.165, 1.54) is 18.4 Å². The molecule has 112 valence electrons. The molecule has 1 aromatic carbocycles. The van der Waals surface area contributed by atoms with E-state index in [0.717, 1.165) is 25.8 Å². The van der Waals surface area contributed by atoms with Gasteiger partial charge in [0.15, 0.2) is 0 Å². The lowest BCUT2D eigenvalue weighted by Gasteiger charge is -2.32. The van der Waals surface area contributed by atoms with Crippen molar-refractivity contribution in [2.45, 2.75) is 51.5 Å². The van der Waals surface area contributed by atoms with Crippen LogP contribution >= 0.6 is 0 Å². The summed E-state index contributed by atoms with van der Waals surface area (Å²) in [6, 6.07) is 10.3. The first kappa shape index (κ1) is 15.6. The Hall–Kier alpha value is -1.75. The highest BCUT2D eigenvalue weighted by Crippen LogP contribution is 2.34. The smallest absolute Gasteiger partial charge is 0.223 e. The molecular weight excluding hydrogens is 258 g/mol. The maximum Gasteiger partial charge on any atom is 0.223 e. The predicted octanol–water partition coefficient (Wildman–Crippen LogP) is 4.18. The first-order valence-corrected chi connectivity index (χ1v) is 8.08. The molecule has 1 aliphatic rings. The van der Waals surface area contributed by atoms with Crippen LogP contribution in [-0.4, -0.2) is 17.4 Å². The Morgan fingerprint density at radius 1 is 1.29 bits per heavy atom. The number of likely N-dealkylation sites (tertiary alicyclic amines) is 1. The predicted molar refractivity (Wildman–Crippen MR) is 86.6 cm³/mol. The Bertz CT molecular complexity index is 488. The van der Waals surface area contributed by atoms with Crippen LogP contribution in [0.15, 0.2) is 30.3 Å². The second-order valence-corrected chi connectivity index (χ2v) is 5.82. The fourth-order valence-electron chi connectivity index (χ4n) is 3.19. The molecule has 0 saturated carbocycles. The number of unbranched alkanes of at least 4 members (excludes halogenated alkanes) is 2. The number of terminal acetylenes is 1. The zero-order valence-electron chi connectivity index (χ0n) is 12.9. The highest BCUT2D eigenvalue weighted by molar-refractivity contribution is 5.78. The summed E-state index contributed by atoms with van der Waals surface area (Å²) < 4.78 is 0. The van der Waals surface area contributed by atoms with Gasteiger partial charge in [0.1, 0.15) is 0 Å². The molecule has 0 aliphatic carbocycles. The number of benzene rings is 1. The van der Waals surface area contributed by atoms with Gasteiger partial charge in [-0.25, -0.2) is 0 Å². The fourth-order valence-corrected chi connectivity index (χ4v) is 3.19. The Labute approximate surface area is 128 Å². The van der Waals surface area contributed by atoms with E-state index >= 15 is 0 Å². The Balaban J connectivity index is 2.22. The Kier molecular flexibility index (Phi) is 5.87. The van der Waals surface area contributed by atoms with Gasteiger partial charge in [-0.15, -0.1) is 12.3 Å². The van der Waals surface area contributed by atoms with Crippen LogP contribution in [0.5, 0.6) is 0 Å². The molecule has 1 amide bonds. The Morgan fingerprint density at radius 2 is 2.05 bits per heavy atom. The number of nitrogens with zero attached hydrogens (tertiary/aromatic N) is 1. The van der Waals surface area contributed by atoms with Gasteiger partial charge in [-0.3, -0.25) is 4.79 Å². The summed E-state index contributed by atoms with van der Waals surface area (Å²) in [6.45, 7) is 3.04. The zero-order chi connectivity index (χ0) is 15.1. The average molecular weight is 283 g/mol. The van der Waals surface area contributed by atoms with Gasteiger partial charge >= 0.3 is 0 Å². The zero-order valence-corrected chi connectivity index (χ0v) is 12.9. The van der Waals surface area contributed by atoms with Crippen LogP contribution in [0.1, 0.15) is 57.1 Å². The van der Waals surface area contributed by atoms with Gasteiger partial charge in [0.25, 0.3) is 0 Å². The molecule has 1 heterocycles. The lowest BCUT2D eigenvalue weighted by Crippen LogP contribution is -2.34. The molecular formula is C19H25NO. The molecule has 0 spiro atoms. The van der Waals surface area contributed by atoms with E-state index in [9.17, 15) is 4.79 Å². The van der Waals surface area contributed by atoms with Crippen molar-refractivity contribution in [3.63, 3.8) is 0 Å². The first-order chi connectivity index (χ1) is 10.3. The summed E-state index contributed by atoms with van der Waals surface area (Å²) >= 11 is 0. The van der Waals surface area contributed by atoms with E-state index in [1.807, 2.05) is 23.1 Å². The lowest BCUT2D eigenvalue weighted by molar-refractivity contribution is -0.130. The van der Waals surface area contributed by atoms with Gasteiger partial charge < -0.3 is 4.90 Å². The third-order valence-corrected chi connectivity index (χ3v) is 4.30. The van der Waals surface area contributed by atoms with E-state index in [0.29, 0.717) is 6.42 Å². The third kappa shape index (κ3) is 3.88. The van der Waals surface area contributed by atoms with Gasteiger partial charge in [0.05, 0.1) is 6.04 Å². The van der Waals surface area contributed by atoms with Crippen molar-refractivity contribution in [2.75, 3.05) is 6.54 Å². The standard InChI is InChI=1S/C19H25NO/c1-3-5-7-11-16(4-2)19(17-12-8-6-9-13-17)20-15-10-14-18(20)21/h2,6,8-9,12-13,16,19H,3,5,7,10-11,14-15H2,1H3/t16-,19-/m1/s1. The second-order valence-electron chi connectivity index (χ2n) is 5.82. The normalized spacial score (nSPS) is 17.5. The molecule has 2 atom stereocenters. The minimum atomic E-state index is 0.0445. The highest BCUT2D eigenvalue weighted by atomic mass is 16.2. The molecule has 0 radical (unpaired) electrons. The summed E-state index contributed by atoms with van der Waals surface area (Å²) in [6.07, 6.45) is 12.0. The second kappa shape index (κ2) is 7.88. The molecule has 1 aliphatic heterocycles. The molecule has 0 N–H and O–H groups in total. The maximum absolute atomic E-state index is 12.2. The minimum absolute atomic E-state index is 0.0445. The summed E-state index contributed by atoms with van der Waals surface area (Å²) in [5.74, 6) is 3.32. The summed E-state index contributed by atoms with van der Waals surface area (Å²) in [5, 5.41) is 0. The topological polar surface area (TPSA) is 20.3 Å². The molecule has 1 aromatic rings. The number of carbonyl (C=O) groups excluding carboxylic acids is 1. The number of amides is 1. The van der Waals surface area contributed by atoms with Crippen LogP contribution in [0, 0.1) is 18.3 Å². The summed E-state index contributed by atoms with van der Waals surface area (Å²) in [4.78, 5) is 14.2. The largest absolute Gasteiger partial charge is 0.334 e. The molecule has 2 nitrogen and oxygen atoms in total. The van der Waals surface area contributed by atoms with Crippen molar-refractivity contribution < 1.29 is 4.79 Å². The number of hydrogen-bond acceptors (Lipinski definition) is 1. The minimum Gasteiger partial charge on any atom is -0.334 e. The highest BCUT2D eigenvalue weighted by Gasteiger charge is 2.33. The van der Waals surface area contributed by atoms with E-state index in [4.69, 9.17) is 6.42 Å². The SMILES string of the molecule is C#C[C@H](CCCCC)[C@H](c1ccccc1)N1CCCC1=O. The van der Waals surface area contributed by atoms with E-state index in [1.54, 1.807) is 0 Å². The molecule has 2 rings (SSSR count). The first-order valence-electron chi connectivity index (χ1n) is 8.08. The van der Waals surface area contributed by atoms with E-state index in [-0.39, 0.29) is 17.9 Å². The summed E-state index contributed by atoms with van der Waals surface area (Å²) in [5.41, 5.74) is 1.17. The van der Waals surface area contributed by atoms with E-state index < -0.39 is 0 Å². The lowest BCUT2D eigenvalue weighted by atomic mass is 9.88. The monoisotopic (exact) mass is 283 g/mol. The molecule has 0 bridgehead atoms. The van der Waals surface area contributed by atoms with Crippen molar-refractivity contribution >= 4 is 5.91 Å². The number of carbonyl (C=O) groups is 1.